The van der Waals surface area contributed by atoms with Crippen molar-refractivity contribution in [2.24, 2.45) is 5.92 Å². The fraction of sp³-hybridized carbons (Fsp3) is 0.667. The molecule has 21 heavy (non-hydrogen) atoms. The van der Waals surface area contributed by atoms with Gasteiger partial charge in [0.2, 0.25) is 0 Å². The summed E-state index contributed by atoms with van der Waals surface area (Å²) in [5, 5.41) is 13.2. The average molecular weight is 310 g/mol. The van der Waals surface area contributed by atoms with Crippen LogP contribution < -0.4 is 5.32 Å². The molecule has 1 aliphatic rings. The van der Waals surface area contributed by atoms with Crippen LogP contribution in [0.4, 0.5) is 0 Å². The maximum Gasteiger partial charge on any atom is 0.308 e. The molecule has 0 spiro atoms. The van der Waals surface area contributed by atoms with E-state index < -0.39 is 11.9 Å². The van der Waals surface area contributed by atoms with Crippen molar-refractivity contribution in [3.05, 3.63) is 15.6 Å². The Hall–Kier alpha value is -1.43. The van der Waals surface area contributed by atoms with Crippen molar-refractivity contribution in [3.63, 3.8) is 0 Å². The predicted octanol–water partition coefficient (Wildman–Crippen LogP) is 2.91. The third-order valence-corrected chi connectivity index (χ3v) is 4.90. The van der Waals surface area contributed by atoms with E-state index in [0.717, 1.165) is 42.0 Å². The third kappa shape index (κ3) is 4.03. The topological polar surface area (TPSA) is 79.3 Å². The number of carboxylic acids is 1. The molecule has 2 N–H and O–H groups in total. The summed E-state index contributed by atoms with van der Waals surface area (Å²) < 4.78 is 0. The average Bonchev–Trinajstić information content (AvgIpc) is 2.71. The summed E-state index contributed by atoms with van der Waals surface area (Å²) >= 11 is 1.49. The van der Waals surface area contributed by atoms with Gasteiger partial charge in [0.1, 0.15) is 5.69 Å². The number of rotatable bonds is 3. The van der Waals surface area contributed by atoms with Gasteiger partial charge in [-0.15, -0.1) is 11.3 Å². The van der Waals surface area contributed by atoms with E-state index in [1.54, 1.807) is 0 Å². The zero-order valence-electron chi connectivity index (χ0n) is 12.5. The van der Waals surface area contributed by atoms with Gasteiger partial charge in [0.15, 0.2) is 0 Å². The van der Waals surface area contributed by atoms with Crippen molar-refractivity contribution >= 4 is 23.2 Å². The van der Waals surface area contributed by atoms with Gasteiger partial charge in [0.05, 0.1) is 10.9 Å². The van der Waals surface area contributed by atoms with Crippen LogP contribution >= 0.6 is 11.3 Å². The summed E-state index contributed by atoms with van der Waals surface area (Å²) in [6.07, 6.45) is 5.42. The molecule has 0 radical (unpaired) electrons. The van der Waals surface area contributed by atoms with Crippen LogP contribution in [0.3, 0.4) is 0 Å². The number of aryl methyl sites for hydroxylation is 2. The first-order valence-corrected chi connectivity index (χ1v) is 8.28. The lowest BCUT2D eigenvalue weighted by Crippen LogP contribution is -2.44. The highest BCUT2D eigenvalue weighted by Crippen LogP contribution is 2.24. The molecule has 0 saturated heterocycles. The van der Waals surface area contributed by atoms with Gasteiger partial charge in [-0.1, -0.05) is 25.7 Å². The smallest absolute Gasteiger partial charge is 0.308 e. The first-order chi connectivity index (χ1) is 9.99. The first kappa shape index (κ1) is 15.9. The van der Waals surface area contributed by atoms with Crippen molar-refractivity contribution in [3.8, 4) is 0 Å². The Balaban J connectivity index is 2.11. The van der Waals surface area contributed by atoms with E-state index in [1.807, 2.05) is 13.8 Å². The lowest BCUT2D eigenvalue weighted by atomic mass is 9.86. The van der Waals surface area contributed by atoms with E-state index in [4.69, 9.17) is 0 Å². The van der Waals surface area contributed by atoms with Crippen molar-refractivity contribution in [2.45, 2.75) is 58.4 Å². The Bertz CT molecular complexity index is 527. The van der Waals surface area contributed by atoms with Gasteiger partial charge in [0.25, 0.3) is 5.91 Å². The second-order valence-corrected chi connectivity index (χ2v) is 7.06. The molecule has 1 aromatic rings. The lowest BCUT2D eigenvalue weighted by Gasteiger charge is -2.27. The van der Waals surface area contributed by atoms with Gasteiger partial charge in [-0.2, -0.15) is 0 Å². The van der Waals surface area contributed by atoms with Crippen molar-refractivity contribution < 1.29 is 14.7 Å². The Morgan fingerprint density at radius 3 is 2.43 bits per heavy atom. The molecule has 1 saturated carbocycles. The van der Waals surface area contributed by atoms with E-state index >= 15 is 0 Å². The summed E-state index contributed by atoms with van der Waals surface area (Å²) in [5.41, 5.74) is 0.434. The molecule has 1 aliphatic carbocycles. The van der Waals surface area contributed by atoms with Gasteiger partial charge in [-0.3, -0.25) is 9.59 Å². The standard InChI is InChI=1S/C15H22N2O3S/c1-9-13(16-10(2)21-9)14(18)17-12-8-6-4-3-5-7-11(12)15(19)20/h11-12H,3-8H2,1-2H3,(H,17,18)(H,19,20). The summed E-state index contributed by atoms with van der Waals surface area (Å²) in [7, 11) is 0. The number of aliphatic carboxylic acids is 1. The molecule has 1 aromatic heterocycles. The van der Waals surface area contributed by atoms with Gasteiger partial charge >= 0.3 is 5.97 Å². The predicted molar refractivity (Wildman–Crippen MR) is 81.7 cm³/mol. The minimum atomic E-state index is -0.812. The molecule has 1 fully saturated rings. The van der Waals surface area contributed by atoms with Gasteiger partial charge in [-0.05, 0) is 26.7 Å². The lowest BCUT2D eigenvalue weighted by molar-refractivity contribution is -0.143. The number of hydrogen-bond acceptors (Lipinski definition) is 4. The minimum absolute atomic E-state index is 0.242. The Labute approximate surface area is 128 Å². The zero-order valence-corrected chi connectivity index (χ0v) is 13.3. The van der Waals surface area contributed by atoms with Crippen LogP contribution in [0.5, 0.6) is 0 Å². The number of thiazole rings is 1. The van der Waals surface area contributed by atoms with E-state index in [-0.39, 0.29) is 11.9 Å². The number of carbonyl (C=O) groups excluding carboxylic acids is 1. The SMILES string of the molecule is Cc1nc(C(=O)NC2CCCCCCC2C(=O)O)c(C)s1. The number of nitrogens with one attached hydrogen (secondary N) is 1. The molecule has 116 valence electrons. The second-order valence-electron chi connectivity index (χ2n) is 5.65. The van der Waals surface area contributed by atoms with Crippen molar-refractivity contribution in [2.75, 3.05) is 0 Å². The number of amides is 1. The van der Waals surface area contributed by atoms with Crippen LogP contribution in [0.1, 0.15) is 58.9 Å². The zero-order chi connectivity index (χ0) is 15.4. The molecule has 0 bridgehead atoms. The fourth-order valence-corrected chi connectivity index (χ4v) is 3.74. The van der Waals surface area contributed by atoms with E-state index in [2.05, 4.69) is 10.3 Å². The summed E-state index contributed by atoms with van der Waals surface area (Å²) in [4.78, 5) is 28.9. The Morgan fingerprint density at radius 2 is 1.86 bits per heavy atom. The summed E-state index contributed by atoms with van der Waals surface area (Å²) in [6.45, 7) is 3.73. The number of carboxylic acid groups (broad SMARTS) is 1. The molecular formula is C15H22N2O3S. The number of carbonyl (C=O) groups is 2. The summed E-state index contributed by atoms with van der Waals surface area (Å²) in [6, 6.07) is -0.295. The monoisotopic (exact) mass is 310 g/mol. The molecule has 2 rings (SSSR count). The van der Waals surface area contributed by atoms with Crippen LogP contribution in [0.15, 0.2) is 0 Å². The molecule has 0 aromatic carbocycles. The minimum Gasteiger partial charge on any atom is -0.481 e. The van der Waals surface area contributed by atoms with Gasteiger partial charge < -0.3 is 10.4 Å². The number of aromatic nitrogens is 1. The van der Waals surface area contributed by atoms with Gasteiger partial charge in [0, 0.05) is 10.9 Å². The molecule has 6 heteroatoms. The first-order valence-electron chi connectivity index (χ1n) is 7.46. The van der Waals surface area contributed by atoms with Crippen LogP contribution in [0.2, 0.25) is 0 Å². The largest absolute Gasteiger partial charge is 0.481 e. The Kier molecular flexibility index (Phi) is 5.33. The van der Waals surface area contributed by atoms with Crippen LogP contribution in [0, 0.1) is 19.8 Å². The van der Waals surface area contributed by atoms with Crippen LogP contribution in [0.25, 0.3) is 0 Å². The second kappa shape index (κ2) is 7.02. The highest BCUT2D eigenvalue weighted by Gasteiger charge is 2.30. The highest BCUT2D eigenvalue weighted by atomic mass is 32.1. The van der Waals surface area contributed by atoms with Gasteiger partial charge in [-0.25, -0.2) is 4.98 Å². The Morgan fingerprint density at radius 1 is 1.19 bits per heavy atom. The highest BCUT2D eigenvalue weighted by molar-refractivity contribution is 7.11. The van der Waals surface area contributed by atoms with E-state index in [9.17, 15) is 14.7 Å². The molecule has 1 amide bonds. The van der Waals surface area contributed by atoms with Crippen molar-refractivity contribution in [1.82, 2.24) is 10.3 Å². The number of nitrogens with zero attached hydrogens (tertiary/aromatic N) is 1. The van der Waals surface area contributed by atoms with Crippen LogP contribution in [-0.2, 0) is 4.79 Å². The van der Waals surface area contributed by atoms with Crippen molar-refractivity contribution in [1.29, 1.82) is 0 Å². The quantitative estimate of drug-likeness (QED) is 0.899. The molecule has 2 unspecified atom stereocenters. The molecule has 1 heterocycles. The molecular weight excluding hydrogens is 288 g/mol. The fourth-order valence-electron chi connectivity index (χ4n) is 2.93. The maximum absolute atomic E-state index is 12.4. The molecule has 2 atom stereocenters. The normalized spacial score (nSPS) is 23.1. The molecule has 5 nitrogen and oxygen atoms in total. The van der Waals surface area contributed by atoms with E-state index in [1.165, 1.54) is 11.3 Å². The van der Waals surface area contributed by atoms with Crippen LogP contribution in [-0.4, -0.2) is 28.0 Å². The number of hydrogen-bond donors (Lipinski definition) is 2. The summed E-state index contributed by atoms with van der Waals surface area (Å²) in [5.74, 6) is -1.55. The molecule has 0 aliphatic heterocycles. The third-order valence-electron chi connectivity index (χ3n) is 4.02. The van der Waals surface area contributed by atoms with E-state index in [0.29, 0.717) is 12.1 Å². The maximum atomic E-state index is 12.4.